The largest absolute Gasteiger partial charge is 0.340 e. The van der Waals surface area contributed by atoms with Gasteiger partial charge in [-0.2, -0.15) is 0 Å². The predicted molar refractivity (Wildman–Crippen MR) is 57.9 cm³/mol. The molecule has 0 aromatic rings. The number of likely N-dealkylation sites (tertiary alicyclic amines) is 1. The molecular weight excluding hydrogens is 176 g/mol. The van der Waals surface area contributed by atoms with Gasteiger partial charge in [0.15, 0.2) is 0 Å². The van der Waals surface area contributed by atoms with Gasteiger partial charge in [0.2, 0.25) is 5.91 Å². The van der Waals surface area contributed by atoms with Gasteiger partial charge in [0.05, 0.1) is 0 Å². The molecule has 0 radical (unpaired) electrons. The average molecular weight is 198 g/mol. The molecule has 1 rings (SSSR count). The summed E-state index contributed by atoms with van der Waals surface area (Å²) in [4.78, 5) is 13.9. The zero-order valence-corrected chi connectivity index (χ0v) is 9.33. The number of amides is 1. The van der Waals surface area contributed by atoms with Crippen LogP contribution in [0.15, 0.2) is 0 Å². The van der Waals surface area contributed by atoms with Crippen LogP contribution in [0.5, 0.6) is 0 Å². The fourth-order valence-electron chi connectivity index (χ4n) is 2.15. The maximum atomic E-state index is 11.8. The van der Waals surface area contributed by atoms with E-state index in [9.17, 15) is 4.79 Å². The standard InChI is InChI=1S/C11H22N2O/c1-3-10-6-4-5-7-13(10)11(14)8-9(2)12/h9-10H,3-8,12H2,1-2H3. The van der Waals surface area contributed by atoms with Crippen LogP contribution in [-0.4, -0.2) is 29.4 Å². The third kappa shape index (κ3) is 2.98. The van der Waals surface area contributed by atoms with Crippen molar-refractivity contribution < 1.29 is 4.79 Å². The summed E-state index contributed by atoms with van der Waals surface area (Å²) in [5, 5.41) is 0. The predicted octanol–water partition coefficient (Wildman–Crippen LogP) is 1.51. The number of rotatable bonds is 3. The smallest absolute Gasteiger partial charge is 0.224 e. The molecule has 0 saturated carbocycles. The lowest BCUT2D eigenvalue weighted by molar-refractivity contribution is -0.135. The van der Waals surface area contributed by atoms with Crippen LogP contribution >= 0.6 is 0 Å². The van der Waals surface area contributed by atoms with Crippen LogP contribution in [0.1, 0.15) is 46.0 Å². The lowest BCUT2D eigenvalue weighted by Crippen LogP contribution is -2.44. The quantitative estimate of drug-likeness (QED) is 0.747. The molecule has 0 aromatic heterocycles. The van der Waals surface area contributed by atoms with Crippen molar-refractivity contribution in [3.8, 4) is 0 Å². The summed E-state index contributed by atoms with van der Waals surface area (Å²) in [7, 11) is 0. The zero-order chi connectivity index (χ0) is 10.6. The highest BCUT2D eigenvalue weighted by atomic mass is 16.2. The molecule has 1 heterocycles. The molecule has 1 amide bonds. The van der Waals surface area contributed by atoms with Crippen LogP contribution in [0.3, 0.4) is 0 Å². The molecule has 1 saturated heterocycles. The summed E-state index contributed by atoms with van der Waals surface area (Å²) in [5.41, 5.74) is 5.64. The summed E-state index contributed by atoms with van der Waals surface area (Å²) >= 11 is 0. The second-order valence-electron chi connectivity index (χ2n) is 4.33. The lowest BCUT2D eigenvalue weighted by Gasteiger charge is -2.35. The van der Waals surface area contributed by atoms with E-state index in [1.165, 1.54) is 12.8 Å². The summed E-state index contributed by atoms with van der Waals surface area (Å²) in [5.74, 6) is 0.242. The van der Waals surface area contributed by atoms with Gasteiger partial charge in [-0.15, -0.1) is 0 Å². The van der Waals surface area contributed by atoms with Crippen molar-refractivity contribution in [1.82, 2.24) is 4.90 Å². The van der Waals surface area contributed by atoms with Gasteiger partial charge in [-0.05, 0) is 32.6 Å². The highest BCUT2D eigenvalue weighted by Crippen LogP contribution is 2.20. The molecule has 0 aliphatic carbocycles. The van der Waals surface area contributed by atoms with E-state index in [0.717, 1.165) is 19.4 Å². The first-order chi connectivity index (χ1) is 6.65. The molecule has 3 nitrogen and oxygen atoms in total. The first-order valence-electron chi connectivity index (χ1n) is 5.70. The molecule has 82 valence electrons. The molecule has 2 N–H and O–H groups in total. The molecule has 2 unspecified atom stereocenters. The number of hydrogen-bond donors (Lipinski definition) is 1. The maximum absolute atomic E-state index is 11.8. The first kappa shape index (κ1) is 11.5. The van der Waals surface area contributed by atoms with Crippen LogP contribution in [0, 0.1) is 0 Å². The van der Waals surface area contributed by atoms with Crippen molar-refractivity contribution in [1.29, 1.82) is 0 Å². The van der Waals surface area contributed by atoms with Gasteiger partial charge in [-0.1, -0.05) is 6.92 Å². The van der Waals surface area contributed by atoms with Gasteiger partial charge in [-0.3, -0.25) is 4.79 Å². The highest BCUT2D eigenvalue weighted by molar-refractivity contribution is 5.77. The number of hydrogen-bond acceptors (Lipinski definition) is 2. The number of nitrogens with zero attached hydrogens (tertiary/aromatic N) is 1. The van der Waals surface area contributed by atoms with Crippen molar-refractivity contribution >= 4 is 5.91 Å². The van der Waals surface area contributed by atoms with Crippen LogP contribution in [-0.2, 0) is 4.79 Å². The Labute approximate surface area is 86.6 Å². The maximum Gasteiger partial charge on any atom is 0.224 e. The van der Waals surface area contributed by atoms with Gasteiger partial charge < -0.3 is 10.6 Å². The van der Waals surface area contributed by atoms with Crippen LogP contribution in [0.25, 0.3) is 0 Å². The van der Waals surface area contributed by atoms with Crippen molar-refractivity contribution in [3.05, 3.63) is 0 Å². The van der Waals surface area contributed by atoms with E-state index >= 15 is 0 Å². The molecule has 0 bridgehead atoms. The Kier molecular flexibility index (Phi) is 4.39. The van der Waals surface area contributed by atoms with E-state index in [0.29, 0.717) is 12.5 Å². The lowest BCUT2D eigenvalue weighted by atomic mass is 9.99. The first-order valence-corrected chi connectivity index (χ1v) is 5.70. The SMILES string of the molecule is CCC1CCCCN1C(=O)CC(C)N. The zero-order valence-electron chi connectivity index (χ0n) is 9.33. The van der Waals surface area contributed by atoms with Gasteiger partial charge in [0, 0.05) is 25.0 Å². The fraction of sp³-hybridized carbons (Fsp3) is 0.909. The molecule has 14 heavy (non-hydrogen) atoms. The minimum atomic E-state index is -0.0121. The van der Waals surface area contributed by atoms with Crippen molar-refractivity contribution in [2.24, 2.45) is 5.73 Å². The molecule has 1 aliphatic heterocycles. The normalized spacial score (nSPS) is 24.8. The van der Waals surface area contributed by atoms with E-state index < -0.39 is 0 Å². The summed E-state index contributed by atoms with van der Waals surface area (Å²) < 4.78 is 0. The Bertz CT molecular complexity index is 192. The topological polar surface area (TPSA) is 46.3 Å². The highest BCUT2D eigenvalue weighted by Gasteiger charge is 2.25. The number of nitrogens with two attached hydrogens (primary N) is 1. The molecule has 2 atom stereocenters. The molecular formula is C11H22N2O. The second kappa shape index (κ2) is 5.35. The van der Waals surface area contributed by atoms with E-state index in [2.05, 4.69) is 6.92 Å². The average Bonchev–Trinajstić information content (AvgIpc) is 2.16. The molecule has 0 aromatic carbocycles. The molecule has 1 aliphatic rings. The molecule has 0 spiro atoms. The van der Waals surface area contributed by atoms with Crippen LogP contribution in [0.2, 0.25) is 0 Å². The summed E-state index contributed by atoms with van der Waals surface area (Å²) in [6.45, 7) is 4.98. The second-order valence-corrected chi connectivity index (χ2v) is 4.33. The summed E-state index contributed by atoms with van der Waals surface area (Å²) in [6, 6.07) is 0.455. The van der Waals surface area contributed by atoms with E-state index in [-0.39, 0.29) is 11.9 Å². The van der Waals surface area contributed by atoms with Crippen molar-refractivity contribution in [3.63, 3.8) is 0 Å². The summed E-state index contributed by atoms with van der Waals surface area (Å²) in [6.07, 6.45) is 5.16. The Hall–Kier alpha value is -0.570. The Morgan fingerprint density at radius 2 is 2.29 bits per heavy atom. The Morgan fingerprint density at radius 3 is 2.86 bits per heavy atom. The van der Waals surface area contributed by atoms with Gasteiger partial charge in [-0.25, -0.2) is 0 Å². The van der Waals surface area contributed by atoms with E-state index in [1.807, 2.05) is 11.8 Å². The van der Waals surface area contributed by atoms with Crippen LogP contribution in [0.4, 0.5) is 0 Å². The van der Waals surface area contributed by atoms with Crippen molar-refractivity contribution in [2.45, 2.75) is 58.0 Å². The molecule has 3 heteroatoms. The Balaban J connectivity index is 2.50. The number of carbonyl (C=O) groups excluding carboxylic acids is 1. The molecule has 1 fully saturated rings. The monoisotopic (exact) mass is 198 g/mol. The third-order valence-electron chi connectivity index (χ3n) is 2.92. The fourth-order valence-corrected chi connectivity index (χ4v) is 2.15. The minimum Gasteiger partial charge on any atom is -0.340 e. The van der Waals surface area contributed by atoms with Crippen LogP contribution < -0.4 is 5.73 Å². The van der Waals surface area contributed by atoms with Gasteiger partial charge in [0.1, 0.15) is 0 Å². The Morgan fingerprint density at radius 1 is 1.57 bits per heavy atom. The van der Waals surface area contributed by atoms with E-state index in [1.54, 1.807) is 0 Å². The van der Waals surface area contributed by atoms with Crippen molar-refractivity contribution in [2.75, 3.05) is 6.54 Å². The van der Waals surface area contributed by atoms with Gasteiger partial charge in [0.25, 0.3) is 0 Å². The third-order valence-corrected chi connectivity index (χ3v) is 2.92. The van der Waals surface area contributed by atoms with Gasteiger partial charge >= 0.3 is 0 Å². The number of piperidine rings is 1. The minimum absolute atomic E-state index is 0.0121. The van der Waals surface area contributed by atoms with E-state index in [4.69, 9.17) is 5.73 Å². The number of carbonyl (C=O) groups is 1.